The van der Waals surface area contributed by atoms with Crippen LogP contribution in [-0.2, 0) is 14.1 Å². The molecule has 0 unspecified atom stereocenters. The second-order valence-electron chi connectivity index (χ2n) is 7.99. The third kappa shape index (κ3) is 4.58. The molecule has 1 N–H and O–H groups in total. The normalized spacial score (nSPS) is 11.9. The Labute approximate surface area is 182 Å². The SMILES string of the molecule is Cn1nc(-c2nccc(OC(F)F)n2)cc1Nc1cc(OC(C)(C)C)c2cnn(C)c2n1. The van der Waals surface area contributed by atoms with E-state index in [9.17, 15) is 8.78 Å². The molecule has 0 atom stereocenters. The Balaban J connectivity index is 1.67. The highest BCUT2D eigenvalue weighted by Crippen LogP contribution is 2.31. The van der Waals surface area contributed by atoms with Crippen LogP contribution in [0.1, 0.15) is 20.8 Å². The fraction of sp³-hybridized carbons (Fsp3) is 0.350. The van der Waals surface area contributed by atoms with E-state index in [4.69, 9.17) is 4.74 Å². The minimum absolute atomic E-state index is 0.151. The van der Waals surface area contributed by atoms with Crippen LogP contribution in [0.4, 0.5) is 20.4 Å². The lowest BCUT2D eigenvalue weighted by Gasteiger charge is -2.22. The van der Waals surface area contributed by atoms with Gasteiger partial charge in [-0.3, -0.25) is 9.36 Å². The number of hydrogen-bond acceptors (Lipinski definition) is 8. The third-order valence-corrected chi connectivity index (χ3v) is 4.29. The number of ether oxygens (including phenoxy) is 2. The van der Waals surface area contributed by atoms with Crippen molar-refractivity contribution in [1.82, 2.24) is 34.5 Å². The minimum Gasteiger partial charge on any atom is -0.487 e. The number of hydrogen-bond donors (Lipinski definition) is 1. The highest BCUT2D eigenvalue weighted by atomic mass is 19.3. The topological polar surface area (TPSA) is 105 Å². The summed E-state index contributed by atoms with van der Waals surface area (Å²) in [7, 11) is 3.52. The number of pyridine rings is 1. The maximum atomic E-state index is 12.5. The smallest absolute Gasteiger partial charge is 0.388 e. The van der Waals surface area contributed by atoms with Gasteiger partial charge >= 0.3 is 6.61 Å². The molecule has 0 saturated carbocycles. The van der Waals surface area contributed by atoms with Crippen molar-refractivity contribution in [2.75, 3.05) is 5.32 Å². The molecule has 0 aromatic carbocycles. The Bertz CT molecular complexity index is 1260. The molecule has 0 amide bonds. The number of fused-ring (bicyclic) bond motifs is 1. The molecule has 32 heavy (non-hydrogen) atoms. The van der Waals surface area contributed by atoms with E-state index >= 15 is 0 Å². The van der Waals surface area contributed by atoms with Crippen molar-refractivity contribution >= 4 is 22.7 Å². The Kier molecular flexibility index (Phi) is 5.36. The van der Waals surface area contributed by atoms with E-state index in [0.717, 1.165) is 5.39 Å². The highest BCUT2D eigenvalue weighted by Gasteiger charge is 2.19. The van der Waals surface area contributed by atoms with E-state index in [1.165, 1.54) is 12.3 Å². The Morgan fingerprint density at radius 3 is 2.59 bits per heavy atom. The van der Waals surface area contributed by atoms with E-state index in [1.807, 2.05) is 20.8 Å². The lowest BCUT2D eigenvalue weighted by atomic mass is 10.2. The number of anilines is 2. The number of rotatable bonds is 6. The summed E-state index contributed by atoms with van der Waals surface area (Å²) in [6.07, 6.45) is 3.04. The predicted molar refractivity (Wildman–Crippen MR) is 113 cm³/mol. The Morgan fingerprint density at radius 1 is 1.09 bits per heavy atom. The standard InChI is InChI=1S/C20H22F2N8O2/c1-20(2,3)32-13-9-14(26-18-11(13)10-24-30(18)5)25-15-8-12(28-29(15)4)17-23-7-6-16(27-17)31-19(21)22/h6-10,19H,1-5H3,(H,25,26). The van der Waals surface area contributed by atoms with Gasteiger partial charge in [0.15, 0.2) is 11.5 Å². The summed E-state index contributed by atoms with van der Waals surface area (Å²) in [6.45, 7) is 2.91. The van der Waals surface area contributed by atoms with Crippen LogP contribution < -0.4 is 14.8 Å². The van der Waals surface area contributed by atoms with E-state index in [2.05, 4.69) is 35.2 Å². The first kappa shape index (κ1) is 21.4. The van der Waals surface area contributed by atoms with Crippen molar-refractivity contribution < 1.29 is 18.3 Å². The molecule has 4 aromatic heterocycles. The van der Waals surface area contributed by atoms with Gasteiger partial charge in [-0.05, 0) is 20.8 Å². The summed E-state index contributed by atoms with van der Waals surface area (Å²) in [6, 6.07) is 4.72. The maximum absolute atomic E-state index is 12.5. The van der Waals surface area contributed by atoms with E-state index in [0.29, 0.717) is 28.7 Å². The van der Waals surface area contributed by atoms with Gasteiger partial charge in [-0.15, -0.1) is 0 Å². The van der Waals surface area contributed by atoms with Gasteiger partial charge < -0.3 is 14.8 Å². The van der Waals surface area contributed by atoms with Crippen molar-refractivity contribution in [2.24, 2.45) is 14.1 Å². The van der Waals surface area contributed by atoms with Gasteiger partial charge in [0, 0.05) is 38.5 Å². The fourth-order valence-electron chi connectivity index (χ4n) is 3.01. The van der Waals surface area contributed by atoms with Gasteiger partial charge in [0.25, 0.3) is 0 Å². The number of alkyl halides is 2. The number of nitrogens with zero attached hydrogens (tertiary/aromatic N) is 7. The van der Waals surface area contributed by atoms with Gasteiger partial charge in [-0.1, -0.05) is 0 Å². The largest absolute Gasteiger partial charge is 0.487 e. The second-order valence-corrected chi connectivity index (χ2v) is 7.99. The molecule has 12 heteroatoms. The van der Waals surface area contributed by atoms with Gasteiger partial charge in [0.2, 0.25) is 5.88 Å². The van der Waals surface area contributed by atoms with Crippen LogP contribution in [-0.4, -0.2) is 46.7 Å². The molecule has 0 aliphatic carbocycles. The quantitative estimate of drug-likeness (QED) is 0.480. The van der Waals surface area contributed by atoms with Crippen molar-refractivity contribution in [3.8, 4) is 23.1 Å². The van der Waals surface area contributed by atoms with Crippen LogP contribution in [0.3, 0.4) is 0 Å². The average molecular weight is 444 g/mol. The molecule has 168 valence electrons. The zero-order valence-corrected chi connectivity index (χ0v) is 18.2. The summed E-state index contributed by atoms with van der Waals surface area (Å²) in [5.41, 5.74) is 0.614. The predicted octanol–water partition coefficient (Wildman–Crippen LogP) is 3.68. The first-order chi connectivity index (χ1) is 15.1. The molecule has 0 fully saturated rings. The van der Waals surface area contributed by atoms with E-state index < -0.39 is 12.2 Å². The molecule has 4 rings (SSSR count). The van der Waals surface area contributed by atoms with Crippen LogP contribution in [0.15, 0.2) is 30.6 Å². The summed E-state index contributed by atoms with van der Waals surface area (Å²) in [5, 5.41) is 12.6. The van der Waals surface area contributed by atoms with Crippen LogP contribution in [0.25, 0.3) is 22.6 Å². The zero-order valence-electron chi connectivity index (χ0n) is 18.2. The molecule has 4 heterocycles. The van der Waals surface area contributed by atoms with Crippen molar-refractivity contribution in [1.29, 1.82) is 0 Å². The van der Waals surface area contributed by atoms with Crippen molar-refractivity contribution in [2.45, 2.75) is 33.0 Å². The summed E-state index contributed by atoms with van der Waals surface area (Å²) in [4.78, 5) is 12.7. The molecule has 0 aliphatic rings. The molecule has 0 aliphatic heterocycles. The molecule has 0 saturated heterocycles. The van der Waals surface area contributed by atoms with Crippen LogP contribution >= 0.6 is 0 Å². The van der Waals surface area contributed by atoms with Crippen LogP contribution in [0.2, 0.25) is 0 Å². The summed E-state index contributed by atoms with van der Waals surface area (Å²) < 4.78 is 38.6. The van der Waals surface area contributed by atoms with Gasteiger partial charge in [-0.2, -0.15) is 24.0 Å². The molecular formula is C20H22F2N8O2. The molecule has 0 radical (unpaired) electrons. The lowest BCUT2D eigenvalue weighted by Crippen LogP contribution is -2.23. The number of aryl methyl sites for hydroxylation is 2. The van der Waals surface area contributed by atoms with E-state index in [1.54, 1.807) is 41.8 Å². The van der Waals surface area contributed by atoms with Gasteiger partial charge in [0.1, 0.15) is 28.7 Å². The second kappa shape index (κ2) is 8.02. The highest BCUT2D eigenvalue weighted by molar-refractivity contribution is 5.84. The summed E-state index contributed by atoms with van der Waals surface area (Å²) >= 11 is 0. The number of halogens is 2. The monoisotopic (exact) mass is 444 g/mol. The Morgan fingerprint density at radius 2 is 1.88 bits per heavy atom. The first-order valence-corrected chi connectivity index (χ1v) is 9.70. The third-order valence-electron chi connectivity index (χ3n) is 4.29. The molecule has 10 nitrogen and oxygen atoms in total. The average Bonchev–Trinajstić information content (AvgIpc) is 3.24. The van der Waals surface area contributed by atoms with Gasteiger partial charge in [0.05, 0.1) is 11.6 Å². The van der Waals surface area contributed by atoms with Gasteiger partial charge in [-0.25, -0.2) is 9.97 Å². The van der Waals surface area contributed by atoms with Crippen LogP contribution in [0.5, 0.6) is 11.6 Å². The number of nitrogens with one attached hydrogen (secondary N) is 1. The van der Waals surface area contributed by atoms with Crippen molar-refractivity contribution in [3.05, 3.63) is 30.6 Å². The lowest BCUT2D eigenvalue weighted by molar-refractivity contribution is -0.0528. The zero-order chi connectivity index (χ0) is 23.0. The fourth-order valence-corrected chi connectivity index (χ4v) is 3.01. The van der Waals surface area contributed by atoms with Crippen molar-refractivity contribution in [3.63, 3.8) is 0 Å². The number of aromatic nitrogens is 7. The molecule has 0 bridgehead atoms. The van der Waals surface area contributed by atoms with E-state index in [-0.39, 0.29) is 11.7 Å². The minimum atomic E-state index is -2.98. The molecule has 0 spiro atoms. The van der Waals surface area contributed by atoms with Crippen LogP contribution in [0, 0.1) is 0 Å². The summed E-state index contributed by atoms with van der Waals surface area (Å²) in [5.74, 6) is 1.65. The molecule has 4 aromatic rings. The molecular weight excluding hydrogens is 422 g/mol. The first-order valence-electron chi connectivity index (χ1n) is 9.70. The maximum Gasteiger partial charge on any atom is 0.388 e. The Hall–Kier alpha value is -3.83.